The molecular weight excluding hydrogens is 366 g/mol. The molecule has 0 fully saturated rings. The second-order valence-electron chi connectivity index (χ2n) is 6.87. The van der Waals surface area contributed by atoms with E-state index in [1.807, 2.05) is 35.8 Å². The maximum Gasteiger partial charge on any atom is 0.398 e. The Morgan fingerprint density at radius 1 is 1.04 bits per heavy atom. The van der Waals surface area contributed by atoms with Gasteiger partial charge in [-0.1, -0.05) is 30.3 Å². The molecule has 1 unspecified atom stereocenters. The SMILES string of the molecule is CCOC(=O)C(=O)NNC(=O)C(Cc1ccccc1)NCC(=O)OC(C)(C)C. The first kappa shape index (κ1) is 23.1. The Morgan fingerprint density at radius 2 is 1.68 bits per heavy atom. The molecule has 0 aliphatic heterocycles. The Balaban J connectivity index is 2.71. The number of ether oxygens (including phenoxy) is 2. The summed E-state index contributed by atoms with van der Waals surface area (Å²) in [6.45, 7) is 6.61. The van der Waals surface area contributed by atoms with Gasteiger partial charge in [-0.05, 0) is 39.7 Å². The fraction of sp³-hybridized carbons (Fsp3) is 0.474. The van der Waals surface area contributed by atoms with E-state index in [1.165, 1.54) is 0 Å². The van der Waals surface area contributed by atoms with Gasteiger partial charge in [-0.25, -0.2) is 4.79 Å². The molecule has 1 aromatic carbocycles. The molecular formula is C19H27N3O6. The zero-order chi connectivity index (χ0) is 21.2. The number of nitrogens with one attached hydrogen (secondary N) is 3. The van der Waals surface area contributed by atoms with E-state index < -0.39 is 35.4 Å². The Kier molecular flexibility index (Phi) is 9.10. The molecule has 0 spiro atoms. The standard InChI is InChI=1S/C19H27N3O6/c1-5-27-18(26)17(25)22-21-16(24)14(11-13-9-7-6-8-10-13)20-12-15(23)28-19(2,3)4/h6-10,14,20H,5,11-12H2,1-4H3,(H,21,24)(H,22,25). The van der Waals surface area contributed by atoms with E-state index in [4.69, 9.17) is 4.74 Å². The highest BCUT2D eigenvalue weighted by Gasteiger charge is 2.23. The fourth-order valence-corrected chi connectivity index (χ4v) is 2.14. The molecule has 9 heteroatoms. The van der Waals surface area contributed by atoms with E-state index in [0.717, 1.165) is 5.56 Å². The Morgan fingerprint density at radius 3 is 2.25 bits per heavy atom. The number of rotatable bonds is 7. The Hall–Kier alpha value is -2.94. The molecule has 3 N–H and O–H groups in total. The number of hydrogen-bond acceptors (Lipinski definition) is 7. The lowest BCUT2D eigenvalue weighted by Crippen LogP contribution is -2.54. The molecule has 0 saturated heterocycles. The maximum atomic E-state index is 12.4. The van der Waals surface area contributed by atoms with Crippen molar-refractivity contribution in [1.82, 2.24) is 16.2 Å². The zero-order valence-corrected chi connectivity index (χ0v) is 16.5. The van der Waals surface area contributed by atoms with Crippen LogP contribution in [0.4, 0.5) is 0 Å². The van der Waals surface area contributed by atoms with Crippen molar-refractivity contribution in [3.8, 4) is 0 Å². The molecule has 9 nitrogen and oxygen atoms in total. The maximum absolute atomic E-state index is 12.4. The quantitative estimate of drug-likeness (QED) is 0.344. The summed E-state index contributed by atoms with van der Waals surface area (Å²) >= 11 is 0. The van der Waals surface area contributed by atoms with Crippen LogP contribution in [0.3, 0.4) is 0 Å². The van der Waals surface area contributed by atoms with Crippen molar-refractivity contribution >= 4 is 23.8 Å². The van der Waals surface area contributed by atoms with Crippen LogP contribution in [0.5, 0.6) is 0 Å². The van der Waals surface area contributed by atoms with Crippen LogP contribution in [-0.2, 0) is 35.1 Å². The molecule has 0 saturated carbocycles. The van der Waals surface area contributed by atoms with Gasteiger partial charge in [-0.15, -0.1) is 0 Å². The molecule has 1 aromatic rings. The van der Waals surface area contributed by atoms with E-state index >= 15 is 0 Å². The molecule has 0 radical (unpaired) electrons. The summed E-state index contributed by atoms with van der Waals surface area (Å²) in [4.78, 5) is 47.2. The lowest BCUT2D eigenvalue weighted by atomic mass is 10.1. The van der Waals surface area contributed by atoms with Gasteiger partial charge < -0.3 is 9.47 Å². The molecule has 28 heavy (non-hydrogen) atoms. The van der Waals surface area contributed by atoms with Crippen molar-refractivity contribution < 1.29 is 28.7 Å². The van der Waals surface area contributed by atoms with E-state index in [0.29, 0.717) is 0 Å². The van der Waals surface area contributed by atoms with Crippen molar-refractivity contribution in [2.24, 2.45) is 0 Å². The van der Waals surface area contributed by atoms with Crippen LogP contribution in [0.1, 0.15) is 33.3 Å². The van der Waals surface area contributed by atoms with E-state index in [9.17, 15) is 19.2 Å². The number of amides is 2. The van der Waals surface area contributed by atoms with Gasteiger partial charge in [0.2, 0.25) is 0 Å². The molecule has 154 valence electrons. The summed E-state index contributed by atoms with van der Waals surface area (Å²) in [5.74, 6) is -3.34. The molecule has 1 rings (SSSR count). The van der Waals surface area contributed by atoms with Crippen LogP contribution >= 0.6 is 0 Å². The number of esters is 2. The first-order chi connectivity index (χ1) is 13.1. The number of benzene rings is 1. The van der Waals surface area contributed by atoms with Crippen LogP contribution < -0.4 is 16.2 Å². The third kappa shape index (κ3) is 9.13. The van der Waals surface area contributed by atoms with Gasteiger partial charge in [0.1, 0.15) is 5.60 Å². The largest absolute Gasteiger partial charge is 0.459 e. The second-order valence-corrected chi connectivity index (χ2v) is 6.87. The summed E-state index contributed by atoms with van der Waals surface area (Å²) in [7, 11) is 0. The summed E-state index contributed by atoms with van der Waals surface area (Å²) in [6.07, 6.45) is 0.255. The molecule has 0 aliphatic carbocycles. The van der Waals surface area contributed by atoms with Gasteiger partial charge in [0.25, 0.3) is 5.91 Å². The van der Waals surface area contributed by atoms with Crippen molar-refractivity contribution in [1.29, 1.82) is 0 Å². The van der Waals surface area contributed by atoms with Gasteiger partial charge >= 0.3 is 17.8 Å². The molecule has 0 aliphatic rings. The summed E-state index contributed by atoms with van der Waals surface area (Å²) in [5.41, 5.74) is 4.34. The summed E-state index contributed by atoms with van der Waals surface area (Å²) in [5, 5.41) is 2.81. The third-order valence-electron chi connectivity index (χ3n) is 3.27. The van der Waals surface area contributed by atoms with Gasteiger partial charge in [-0.2, -0.15) is 0 Å². The average molecular weight is 393 g/mol. The third-order valence-corrected chi connectivity index (χ3v) is 3.27. The molecule has 1 atom stereocenters. The van der Waals surface area contributed by atoms with Gasteiger partial charge in [0, 0.05) is 0 Å². The van der Waals surface area contributed by atoms with E-state index in [2.05, 4.69) is 15.5 Å². The first-order valence-corrected chi connectivity index (χ1v) is 8.88. The summed E-state index contributed by atoms with van der Waals surface area (Å²) < 4.78 is 9.75. The van der Waals surface area contributed by atoms with Crippen LogP contribution in [0.25, 0.3) is 0 Å². The molecule has 0 heterocycles. The van der Waals surface area contributed by atoms with Gasteiger partial charge in [0.15, 0.2) is 0 Å². The topological polar surface area (TPSA) is 123 Å². The minimum Gasteiger partial charge on any atom is -0.459 e. The van der Waals surface area contributed by atoms with Gasteiger partial charge in [0.05, 0.1) is 19.2 Å². The van der Waals surface area contributed by atoms with E-state index in [1.54, 1.807) is 27.7 Å². The number of carbonyl (C=O) groups is 4. The van der Waals surface area contributed by atoms with Crippen molar-refractivity contribution in [3.05, 3.63) is 35.9 Å². The number of carbonyl (C=O) groups excluding carboxylic acids is 4. The molecule has 2 amide bonds. The number of hydrazine groups is 1. The fourth-order valence-electron chi connectivity index (χ4n) is 2.14. The molecule has 0 aromatic heterocycles. The Bertz CT molecular complexity index is 685. The highest BCUT2D eigenvalue weighted by molar-refractivity contribution is 6.32. The van der Waals surface area contributed by atoms with Crippen molar-refractivity contribution in [2.75, 3.05) is 13.2 Å². The highest BCUT2D eigenvalue weighted by Crippen LogP contribution is 2.07. The predicted molar refractivity (Wildman–Crippen MR) is 101 cm³/mol. The average Bonchev–Trinajstić information content (AvgIpc) is 2.62. The van der Waals surface area contributed by atoms with Crippen LogP contribution in [0.15, 0.2) is 30.3 Å². The zero-order valence-electron chi connectivity index (χ0n) is 16.5. The Labute approximate surface area is 164 Å². The smallest absolute Gasteiger partial charge is 0.398 e. The lowest BCUT2D eigenvalue weighted by Gasteiger charge is -2.22. The van der Waals surface area contributed by atoms with Crippen LogP contribution in [0, 0.1) is 0 Å². The van der Waals surface area contributed by atoms with Crippen molar-refractivity contribution in [3.63, 3.8) is 0 Å². The number of hydrogen-bond donors (Lipinski definition) is 3. The van der Waals surface area contributed by atoms with Crippen LogP contribution in [0.2, 0.25) is 0 Å². The first-order valence-electron chi connectivity index (χ1n) is 8.88. The van der Waals surface area contributed by atoms with E-state index in [-0.39, 0.29) is 19.6 Å². The highest BCUT2D eigenvalue weighted by atomic mass is 16.6. The van der Waals surface area contributed by atoms with Crippen LogP contribution in [-0.4, -0.2) is 48.5 Å². The monoisotopic (exact) mass is 393 g/mol. The normalized spacial score (nSPS) is 11.9. The van der Waals surface area contributed by atoms with Gasteiger partial charge in [-0.3, -0.25) is 30.6 Å². The van der Waals surface area contributed by atoms with Crippen molar-refractivity contribution in [2.45, 2.75) is 45.8 Å². The predicted octanol–water partition coefficient (Wildman–Crippen LogP) is 0.240. The molecule has 0 bridgehead atoms. The minimum absolute atomic E-state index is 0.0360. The second kappa shape index (κ2) is 11.0. The minimum atomic E-state index is -1.11. The lowest BCUT2D eigenvalue weighted by molar-refractivity contribution is -0.155. The summed E-state index contributed by atoms with van der Waals surface area (Å²) in [6, 6.07) is 8.28.